The van der Waals surface area contributed by atoms with E-state index in [2.05, 4.69) is 12.0 Å². The molecular formula is C16H28N4O. The quantitative estimate of drug-likeness (QED) is 0.904. The van der Waals surface area contributed by atoms with Crippen LogP contribution in [0, 0.1) is 12.8 Å². The van der Waals surface area contributed by atoms with Gasteiger partial charge in [0.25, 0.3) is 5.91 Å². The van der Waals surface area contributed by atoms with Crippen molar-refractivity contribution in [3.8, 4) is 0 Å². The molecule has 118 valence electrons. The highest BCUT2D eigenvalue weighted by Crippen LogP contribution is 2.28. The number of carbonyl (C=O) groups excluding carboxylic acids is 1. The van der Waals surface area contributed by atoms with E-state index >= 15 is 0 Å². The second kappa shape index (κ2) is 7.07. The lowest BCUT2D eigenvalue weighted by atomic mass is 9.85. The van der Waals surface area contributed by atoms with Gasteiger partial charge in [-0.3, -0.25) is 9.48 Å². The van der Waals surface area contributed by atoms with E-state index < -0.39 is 0 Å². The van der Waals surface area contributed by atoms with Gasteiger partial charge in [0.05, 0.1) is 11.8 Å². The molecular weight excluding hydrogens is 264 g/mol. The molecule has 1 aromatic rings. The fourth-order valence-corrected chi connectivity index (χ4v) is 3.34. The summed E-state index contributed by atoms with van der Waals surface area (Å²) in [5.41, 5.74) is 7.21. The summed E-state index contributed by atoms with van der Waals surface area (Å²) in [6.07, 6.45) is 7.43. The van der Waals surface area contributed by atoms with E-state index in [9.17, 15) is 4.79 Å². The standard InChI is InChI=1S/C16H28N4O/c1-12-7-4-5-8-15(12)19(3)16(21)14-11-18-20(13(14)2)10-6-9-17/h11-12,15H,4-10,17H2,1-3H3. The smallest absolute Gasteiger partial charge is 0.257 e. The molecule has 1 heterocycles. The van der Waals surface area contributed by atoms with Gasteiger partial charge in [-0.25, -0.2) is 0 Å². The Hall–Kier alpha value is -1.36. The van der Waals surface area contributed by atoms with Gasteiger partial charge in [-0.15, -0.1) is 0 Å². The fraction of sp³-hybridized carbons (Fsp3) is 0.750. The van der Waals surface area contributed by atoms with Gasteiger partial charge in [0.15, 0.2) is 0 Å². The van der Waals surface area contributed by atoms with Crippen molar-refractivity contribution in [2.75, 3.05) is 13.6 Å². The van der Waals surface area contributed by atoms with E-state index in [0.29, 0.717) is 18.5 Å². The van der Waals surface area contributed by atoms with Crippen LogP contribution in [0.3, 0.4) is 0 Å². The summed E-state index contributed by atoms with van der Waals surface area (Å²) in [5, 5.41) is 4.33. The third-order valence-corrected chi connectivity index (χ3v) is 4.79. The minimum Gasteiger partial charge on any atom is -0.338 e. The van der Waals surface area contributed by atoms with Gasteiger partial charge in [0.1, 0.15) is 0 Å². The van der Waals surface area contributed by atoms with E-state index in [-0.39, 0.29) is 5.91 Å². The van der Waals surface area contributed by atoms with Crippen LogP contribution in [0.2, 0.25) is 0 Å². The Morgan fingerprint density at radius 2 is 2.19 bits per heavy atom. The largest absolute Gasteiger partial charge is 0.338 e. The molecule has 0 aromatic carbocycles. The van der Waals surface area contributed by atoms with Crippen molar-refractivity contribution >= 4 is 5.91 Å². The number of aryl methyl sites for hydroxylation is 1. The first-order valence-corrected chi connectivity index (χ1v) is 8.06. The summed E-state index contributed by atoms with van der Waals surface area (Å²) in [7, 11) is 1.94. The van der Waals surface area contributed by atoms with Crippen LogP contribution in [-0.4, -0.2) is 40.2 Å². The second-order valence-electron chi connectivity index (χ2n) is 6.25. The van der Waals surface area contributed by atoms with E-state index in [0.717, 1.165) is 30.6 Å². The molecule has 1 fully saturated rings. The summed E-state index contributed by atoms with van der Waals surface area (Å²) in [6.45, 7) is 5.64. The van der Waals surface area contributed by atoms with Crippen molar-refractivity contribution in [3.05, 3.63) is 17.5 Å². The van der Waals surface area contributed by atoms with Crippen LogP contribution in [0.25, 0.3) is 0 Å². The van der Waals surface area contributed by atoms with E-state index in [1.807, 2.05) is 23.6 Å². The summed E-state index contributed by atoms with van der Waals surface area (Å²) in [5.74, 6) is 0.686. The molecule has 0 spiro atoms. The predicted molar refractivity (Wildman–Crippen MR) is 84.1 cm³/mol. The molecule has 1 saturated carbocycles. The zero-order valence-corrected chi connectivity index (χ0v) is 13.5. The first-order chi connectivity index (χ1) is 10.1. The van der Waals surface area contributed by atoms with Crippen LogP contribution >= 0.6 is 0 Å². The summed E-state index contributed by atoms with van der Waals surface area (Å²) in [6, 6.07) is 0.359. The summed E-state index contributed by atoms with van der Waals surface area (Å²) in [4.78, 5) is 14.7. The lowest BCUT2D eigenvalue weighted by Crippen LogP contribution is -2.42. The Morgan fingerprint density at radius 1 is 1.48 bits per heavy atom. The molecule has 1 aromatic heterocycles. The topological polar surface area (TPSA) is 64.2 Å². The van der Waals surface area contributed by atoms with Crippen LogP contribution in [-0.2, 0) is 6.54 Å². The molecule has 0 aliphatic heterocycles. The number of carbonyl (C=O) groups is 1. The number of hydrogen-bond acceptors (Lipinski definition) is 3. The minimum absolute atomic E-state index is 0.102. The molecule has 1 aliphatic rings. The van der Waals surface area contributed by atoms with Crippen molar-refractivity contribution in [2.45, 2.75) is 58.5 Å². The number of amides is 1. The highest BCUT2D eigenvalue weighted by Gasteiger charge is 2.29. The molecule has 0 bridgehead atoms. The Bertz CT molecular complexity index is 483. The highest BCUT2D eigenvalue weighted by atomic mass is 16.2. The number of nitrogens with two attached hydrogens (primary N) is 1. The van der Waals surface area contributed by atoms with Gasteiger partial charge in [-0.05, 0) is 38.6 Å². The lowest BCUT2D eigenvalue weighted by Gasteiger charge is -2.36. The van der Waals surface area contributed by atoms with Crippen molar-refractivity contribution in [3.63, 3.8) is 0 Å². The minimum atomic E-state index is 0.102. The molecule has 2 N–H and O–H groups in total. The number of nitrogens with zero attached hydrogens (tertiary/aromatic N) is 3. The zero-order valence-electron chi connectivity index (χ0n) is 13.5. The highest BCUT2D eigenvalue weighted by molar-refractivity contribution is 5.95. The van der Waals surface area contributed by atoms with Gasteiger partial charge < -0.3 is 10.6 Å². The fourth-order valence-electron chi connectivity index (χ4n) is 3.34. The molecule has 0 saturated heterocycles. The van der Waals surface area contributed by atoms with Crippen molar-refractivity contribution in [2.24, 2.45) is 11.7 Å². The zero-order chi connectivity index (χ0) is 15.4. The number of rotatable bonds is 5. The average molecular weight is 292 g/mol. The van der Waals surface area contributed by atoms with Gasteiger partial charge in [0, 0.05) is 25.3 Å². The molecule has 1 aliphatic carbocycles. The Kier molecular flexibility index (Phi) is 5.39. The maximum absolute atomic E-state index is 12.7. The third kappa shape index (κ3) is 3.46. The molecule has 2 atom stereocenters. The third-order valence-electron chi connectivity index (χ3n) is 4.79. The van der Waals surface area contributed by atoms with Gasteiger partial charge in [0.2, 0.25) is 0 Å². The average Bonchev–Trinajstić information content (AvgIpc) is 2.85. The van der Waals surface area contributed by atoms with Crippen LogP contribution in [0.1, 0.15) is 55.1 Å². The molecule has 2 unspecified atom stereocenters. The maximum atomic E-state index is 12.7. The Balaban J connectivity index is 2.10. The number of hydrogen-bond donors (Lipinski definition) is 1. The van der Waals surface area contributed by atoms with Crippen molar-refractivity contribution in [1.29, 1.82) is 0 Å². The van der Waals surface area contributed by atoms with Crippen LogP contribution in [0.15, 0.2) is 6.20 Å². The molecule has 5 heteroatoms. The second-order valence-corrected chi connectivity index (χ2v) is 6.25. The SMILES string of the molecule is Cc1c(C(=O)N(C)C2CCCCC2C)cnn1CCCN. The van der Waals surface area contributed by atoms with E-state index in [1.54, 1.807) is 6.20 Å². The first-order valence-electron chi connectivity index (χ1n) is 8.06. The molecule has 21 heavy (non-hydrogen) atoms. The van der Waals surface area contributed by atoms with E-state index in [4.69, 9.17) is 5.73 Å². The Labute approximate surface area is 127 Å². The van der Waals surface area contributed by atoms with Gasteiger partial charge >= 0.3 is 0 Å². The lowest BCUT2D eigenvalue weighted by molar-refractivity contribution is 0.0628. The summed E-state index contributed by atoms with van der Waals surface area (Å²) >= 11 is 0. The maximum Gasteiger partial charge on any atom is 0.257 e. The molecule has 5 nitrogen and oxygen atoms in total. The normalized spacial score (nSPS) is 22.3. The van der Waals surface area contributed by atoms with Crippen molar-refractivity contribution < 1.29 is 4.79 Å². The van der Waals surface area contributed by atoms with Crippen LogP contribution < -0.4 is 5.73 Å². The number of aromatic nitrogens is 2. The van der Waals surface area contributed by atoms with Crippen LogP contribution in [0.4, 0.5) is 0 Å². The Morgan fingerprint density at radius 3 is 2.86 bits per heavy atom. The monoisotopic (exact) mass is 292 g/mol. The molecule has 2 rings (SSSR count). The van der Waals surface area contributed by atoms with Gasteiger partial charge in [-0.2, -0.15) is 5.10 Å². The van der Waals surface area contributed by atoms with E-state index in [1.165, 1.54) is 19.3 Å². The predicted octanol–water partition coefficient (Wildman–Crippen LogP) is 2.19. The first kappa shape index (κ1) is 16.0. The molecule has 0 radical (unpaired) electrons. The van der Waals surface area contributed by atoms with Gasteiger partial charge in [-0.1, -0.05) is 19.8 Å². The van der Waals surface area contributed by atoms with Crippen LogP contribution in [0.5, 0.6) is 0 Å². The molecule has 1 amide bonds. The summed E-state index contributed by atoms with van der Waals surface area (Å²) < 4.78 is 1.89. The van der Waals surface area contributed by atoms with Crippen molar-refractivity contribution in [1.82, 2.24) is 14.7 Å².